The number of rotatable bonds is 6. The summed E-state index contributed by atoms with van der Waals surface area (Å²) in [5, 5.41) is 16.2. The van der Waals surface area contributed by atoms with E-state index in [0.717, 1.165) is 9.88 Å². The molecule has 0 aliphatic rings. The molecule has 0 aliphatic heterocycles. The Morgan fingerprint density at radius 2 is 2.14 bits per heavy atom. The molecule has 0 fully saturated rings. The lowest BCUT2D eigenvalue weighted by Gasteiger charge is -2.16. The number of carbonyl (C=O) groups is 2. The predicted molar refractivity (Wildman–Crippen MR) is 83.7 cm³/mol. The van der Waals surface area contributed by atoms with Gasteiger partial charge in [-0.25, -0.2) is 4.98 Å². The van der Waals surface area contributed by atoms with Gasteiger partial charge in [-0.3, -0.25) is 9.59 Å². The van der Waals surface area contributed by atoms with Crippen LogP contribution in [0.1, 0.15) is 24.3 Å². The van der Waals surface area contributed by atoms with Crippen molar-refractivity contribution in [3.8, 4) is 9.88 Å². The van der Waals surface area contributed by atoms with Gasteiger partial charge >= 0.3 is 5.97 Å². The summed E-state index contributed by atoms with van der Waals surface area (Å²) >= 11 is 2.97. The first-order chi connectivity index (χ1) is 9.99. The van der Waals surface area contributed by atoms with Crippen molar-refractivity contribution in [2.75, 3.05) is 6.54 Å². The molecule has 2 heterocycles. The fraction of sp³-hybridized carbons (Fsp3) is 0.357. The van der Waals surface area contributed by atoms with E-state index in [9.17, 15) is 9.59 Å². The van der Waals surface area contributed by atoms with Crippen LogP contribution >= 0.6 is 22.7 Å². The third kappa shape index (κ3) is 3.89. The van der Waals surface area contributed by atoms with Crippen molar-refractivity contribution >= 4 is 34.6 Å². The molecule has 1 amide bonds. The van der Waals surface area contributed by atoms with Crippen molar-refractivity contribution in [2.45, 2.75) is 13.8 Å². The highest BCUT2D eigenvalue weighted by molar-refractivity contribution is 7.20. The van der Waals surface area contributed by atoms with Crippen molar-refractivity contribution in [3.63, 3.8) is 0 Å². The summed E-state index contributed by atoms with van der Waals surface area (Å²) in [6, 6.07) is 3.88. The van der Waals surface area contributed by atoms with Gasteiger partial charge in [0.1, 0.15) is 10.7 Å². The molecule has 2 aromatic heterocycles. The predicted octanol–water partition coefficient (Wildman–Crippen LogP) is 2.96. The Hall–Kier alpha value is -1.73. The lowest BCUT2D eigenvalue weighted by Crippen LogP contribution is -2.35. The van der Waals surface area contributed by atoms with E-state index >= 15 is 0 Å². The van der Waals surface area contributed by atoms with Gasteiger partial charge in [0, 0.05) is 11.9 Å². The van der Waals surface area contributed by atoms with Crippen LogP contribution in [0.25, 0.3) is 9.88 Å². The highest BCUT2D eigenvalue weighted by Gasteiger charge is 2.22. The lowest BCUT2D eigenvalue weighted by molar-refractivity contribution is -0.142. The minimum atomic E-state index is -0.900. The standard InChI is InChI=1S/C14H16N2O3S2/c1-8(2)9(14(18)19)6-15-12(17)10-7-21-13(16-10)11-4-3-5-20-11/h3-5,7-9H,6H2,1-2H3,(H,15,17)(H,18,19). The molecule has 0 radical (unpaired) electrons. The molecule has 7 heteroatoms. The minimum Gasteiger partial charge on any atom is -0.481 e. The number of carboxylic acids is 1. The number of thiazole rings is 1. The van der Waals surface area contributed by atoms with Crippen molar-refractivity contribution in [1.82, 2.24) is 10.3 Å². The fourth-order valence-corrected chi connectivity index (χ4v) is 3.41. The van der Waals surface area contributed by atoms with Gasteiger partial charge in [-0.1, -0.05) is 19.9 Å². The topological polar surface area (TPSA) is 79.3 Å². The molecule has 0 aromatic carbocycles. The summed E-state index contributed by atoms with van der Waals surface area (Å²) < 4.78 is 0. The molecule has 0 bridgehead atoms. The summed E-state index contributed by atoms with van der Waals surface area (Å²) in [4.78, 5) is 28.4. The summed E-state index contributed by atoms with van der Waals surface area (Å²) in [5.74, 6) is -1.87. The van der Waals surface area contributed by atoms with Gasteiger partial charge in [0.05, 0.1) is 10.8 Å². The van der Waals surface area contributed by atoms with Gasteiger partial charge in [-0.15, -0.1) is 22.7 Å². The number of aliphatic carboxylic acids is 1. The van der Waals surface area contributed by atoms with E-state index < -0.39 is 11.9 Å². The number of nitrogens with zero attached hydrogens (tertiary/aromatic N) is 1. The maximum Gasteiger partial charge on any atom is 0.308 e. The molecular formula is C14H16N2O3S2. The van der Waals surface area contributed by atoms with E-state index in [1.807, 2.05) is 31.4 Å². The number of carboxylic acid groups (broad SMARTS) is 1. The van der Waals surface area contributed by atoms with Crippen molar-refractivity contribution in [3.05, 3.63) is 28.6 Å². The fourth-order valence-electron chi connectivity index (χ4n) is 1.79. The largest absolute Gasteiger partial charge is 0.481 e. The van der Waals surface area contributed by atoms with E-state index in [2.05, 4.69) is 10.3 Å². The molecule has 0 saturated carbocycles. The first-order valence-corrected chi connectivity index (χ1v) is 8.25. The maximum absolute atomic E-state index is 12.0. The van der Waals surface area contributed by atoms with Gasteiger partial charge in [-0.05, 0) is 17.4 Å². The summed E-state index contributed by atoms with van der Waals surface area (Å²) in [6.45, 7) is 3.75. The van der Waals surface area contributed by atoms with E-state index in [1.165, 1.54) is 11.3 Å². The van der Waals surface area contributed by atoms with E-state index in [1.54, 1.807) is 16.7 Å². The van der Waals surface area contributed by atoms with Gasteiger partial charge in [0.25, 0.3) is 5.91 Å². The Kier molecular flexibility index (Phi) is 5.08. The molecule has 0 spiro atoms. The smallest absolute Gasteiger partial charge is 0.308 e. The SMILES string of the molecule is CC(C)C(CNC(=O)c1csc(-c2cccs2)n1)C(=O)O. The Morgan fingerprint density at radius 3 is 2.71 bits per heavy atom. The second-order valence-corrected chi connectivity index (χ2v) is 6.72. The molecule has 2 rings (SSSR count). The number of carbonyl (C=O) groups excluding carboxylic acids is 1. The Balaban J connectivity index is 1.99. The van der Waals surface area contributed by atoms with Crippen molar-refractivity contribution in [2.24, 2.45) is 11.8 Å². The zero-order chi connectivity index (χ0) is 15.4. The minimum absolute atomic E-state index is 0.0417. The molecule has 1 atom stereocenters. The van der Waals surface area contributed by atoms with Crippen LogP contribution in [0, 0.1) is 11.8 Å². The van der Waals surface area contributed by atoms with Crippen LogP contribution in [0.5, 0.6) is 0 Å². The molecule has 0 saturated heterocycles. The van der Waals surface area contributed by atoms with Crippen LogP contribution in [-0.4, -0.2) is 28.5 Å². The number of aromatic nitrogens is 1. The second-order valence-electron chi connectivity index (χ2n) is 4.91. The molecule has 21 heavy (non-hydrogen) atoms. The summed E-state index contributed by atoms with van der Waals surface area (Å²) in [6.07, 6.45) is 0. The van der Waals surface area contributed by atoms with Crippen LogP contribution in [0.4, 0.5) is 0 Å². The van der Waals surface area contributed by atoms with Gasteiger partial charge in [-0.2, -0.15) is 0 Å². The third-order valence-electron chi connectivity index (χ3n) is 3.07. The molecule has 0 aliphatic carbocycles. The maximum atomic E-state index is 12.0. The first kappa shape index (κ1) is 15.7. The molecule has 112 valence electrons. The van der Waals surface area contributed by atoms with Gasteiger partial charge < -0.3 is 10.4 Å². The van der Waals surface area contributed by atoms with E-state index in [4.69, 9.17) is 5.11 Å². The van der Waals surface area contributed by atoms with E-state index in [-0.39, 0.29) is 18.4 Å². The van der Waals surface area contributed by atoms with Crippen LogP contribution in [0.15, 0.2) is 22.9 Å². The second kappa shape index (κ2) is 6.82. The summed E-state index contributed by atoms with van der Waals surface area (Å²) in [5.41, 5.74) is 0.330. The molecule has 5 nitrogen and oxygen atoms in total. The number of hydrogen-bond donors (Lipinski definition) is 2. The highest BCUT2D eigenvalue weighted by atomic mass is 32.1. The first-order valence-electron chi connectivity index (χ1n) is 6.49. The van der Waals surface area contributed by atoms with Crippen molar-refractivity contribution < 1.29 is 14.7 Å². The lowest BCUT2D eigenvalue weighted by atomic mass is 9.96. The Morgan fingerprint density at radius 1 is 1.38 bits per heavy atom. The number of thiophene rings is 1. The Labute approximate surface area is 130 Å². The average molecular weight is 324 g/mol. The number of amides is 1. The van der Waals surface area contributed by atoms with Gasteiger partial charge in [0.15, 0.2) is 0 Å². The van der Waals surface area contributed by atoms with Crippen LogP contribution in [-0.2, 0) is 4.79 Å². The zero-order valence-corrected chi connectivity index (χ0v) is 13.3. The third-order valence-corrected chi connectivity index (χ3v) is 4.95. The normalized spacial score (nSPS) is 12.3. The molecule has 2 N–H and O–H groups in total. The Bertz CT molecular complexity index is 620. The molecular weight excluding hydrogens is 308 g/mol. The summed E-state index contributed by atoms with van der Waals surface area (Å²) in [7, 11) is 0. The van der Waals surface area contributed by atoms with Gasteiger partial charge in [0.2, 0.25) is 0 Å². The highest BCUT2D eigenvalue weighted by Crippen LogP contribution is 2.27. The molecule has 2 aromatic rings. The van der Waals surface area contributed by atoms with Crippen LogP contribution < -0.4 is 5.32 Å². The zero-order valence-electron chi connectivity index (χ0n) is 11.7. The average Bonchev–Trinajstić information content (AvgIpc) is 3.08. The van der Waals surface area contributed by atoms with Crippen LogP contribution in [0.2, 0.25) is 0 Å². The van der Waals surface area contributed by atoms with Crippen LogP contribution in [0.3, 0.4) is 0 Å². The van der Waals surface area contributed by atoms with E-state index in [0.29, 0.717) is 5.69 Å². The monoisotopic (exact) mass is 324 g/mol. The number of nitrogens with one attached hydrogen (secondary N) is 1. The quantitative estimate of drug-likeness (QED) is 0.856. The number of hydrogen-bond acceptors (Lipinski definition) is 5. The van der Waals surface area contributed by atoms with Crippen molar-refractivity contribution in [1.29, 1.82) is 0 Å². The molecule has 1 unspecified atom stereocenters.